The van der Waals surface area contributed by atoms with Crippen LogP contribution in [0.3, 0.4) is 0 Å². The highest BCUT2D eigenvalue weighted by molar-refractivity contribution is 5.76. The van der Waals surface area contributed by atoms with Gasteiger partial charge in [-0.25, -0.2) is 9.59 Å². The molecule has 0 heterocycles. The lowest BCUT2D eigenvalue weighted by molar-refractivity contribution is -0.276. The molecule has 0 unspecified atom stereocenters. The molecule has 88 valence electrons. The molecule has 0 spiro atoms. The first-order valence-electron chi connectivity index (χ1n) is 4.85. The van der Waals surface area contributed by atoms with Gasteiger partial charge in [-0.2, -0.15) is 9.78 Å². The van der Waals surface area contributed by atoms with Gasteiger partial charge in [0.15, 0.2) is 0 Å². The number of carbonyl (C=O) groups is 2. The van der Waals surface area contributed by atoms with Gasteiger partial charge in [0, 0.05) is 0 Å². The number of carbonyl (C=O) groups excluding carboxylic acids is 2. The predicted molar refractivity (Wildman–Crippen MR) is 49.3 cm³/mol. The molecule has 0 fully saturated rings. The summed E-state index contributed by atoms with van der Waals surface area (Å²) in [7, 11) is 0. The Hall–Kier alpha value is -1.14. The second kappa shape index (κ2) is 9.42. The lowest BCUT2D eigenvalue weighted by atomic mass is 10.3. The van der Waals surface area contributed by atoms with Gasteiger partial charge in [-0.1, -0.05) is 6.92 Å². The highest BCUT2D eigenvalue weighted by Gasteiger charge is 2.10. The zero-order chi connectivity index (χ0) is 11.5. The van der Waals surface area contributed by atoms with E-state index in [1.165, 1.54) is 0 Å². The third kappa shape index (κ3) is 9.17. The Balaban J connectivity index is 3.40. The molecule has 0 aliphatic rings. The molecule has 0 rings (SSSR count). The number of hydrogen-bond donors (Lipinski definition) is 0. The summed E-state index contributed by atoms with van der Waals surface area (Å²) in [4.78, 5) is 39.3. The minimum absolute atomic E-state index is 0.0877. The van der Waals surface area contributed by atoms with Crippen LogP contribution >= 0.6 is 0 Å². The van der Waals surface area contributed by atoms with E-state index >= 15 is 0 Å². The van der Waals surface area contributed by atoms with Gasteiger partial charge in [0.05, 0.1) is 26.1 Å². The normalized spacial score (nSPS) is 9.73. The first-order chi connectivity index (χ1) is 7.20. The maximum Gasteiger partial charge on any atom is 0.342 e. The van der Waals surface area contributed by atoms with Crippen LogP contribution in [0.25, 0.3) is 0 Å². The van der Waals surface area contributed by atoms with Crippen molar-refractivity contribution in [3.8, 4) is 0 Å². The van der Waals surface area contributed by atoms with Crippen molar-refractivity contribution in [3.63, 3.8) is 0 Å². The average molecular weight is 220 g/mol. The molecule has 0 aromatic heterocycles. The third-order valence-corrected chi connectivity index (χ3v) is 1.24. The van der Waals surface area contributed by atoms with Gasteiger partial charge in [-0.05, 0) is 13.3 Å². The van der Waals surface area contributed by atoms with Crippen molar-refractivity contribution in [1.82, 2.24) is 0 Å². The fraction of sp³-hybridized carbons (Fsp3) is 0.778. The van der Waals surface area contributed by atoms with E-state index in [4.69, 9.17) is 0 Å². The maximum atomic E-state index is 10.9. The van der Waals surface area contributed by atoms with Crippen LogP contribution in [0.5, 0.6) is 0 Å². The van der Waals surface area contributed by atoms with Gasteiger partial charge in [0.25, 0.3) is 0 Å². The van der Waals surface area contributed by atoms with Crippen molar-refractivity contribution in [2.24, 2.45) is 0 Å². The van der Waals surface area contributed by atoms with Crippen LogP contribution in [-0.4, -0.2) is 25.2 Å². The molecular weight excluding hydrogens is 204 g/mol. The van der Waals surface area contributed by atoms with Crippen molar-refractivity contribution in [1.29, 1.82) is 0 Å². The van der Waals surface area contributed by atoms with Crippen LogP contribution in [0.2, 0.25) is 0 Å². The van der Waals surface area contributed by atoms with Crippen molar-refractivity contribution >= 4 is 11.9 Å². The topological polar surface area (TPSA) is 71.1 Å². The smallest absolute Gasteiger partial charge is 0.298 e. The highest BCUT2D eigenvalue weighted by atomic mass is 17.2. The van der Waals surface area contributed by atoms with E-state index in [2.05, 4.69) is 19.6 Å². The Kier molecular flexibility index (Phi) is 8.70. The molecule has 0 amide bonds. The fourth-order valence-corrected chi connectivity index (χ4v) is 0.603. The fourth-order valence-electron chi connectivity index (χ4n) is 0.603. The highest BCUT2D eigenvalue weighted by Crippen LogP contribution is 1.97. The summed E-state index contributed by atoms with van der Waals surface area (Å²) in [5.41, 5.74) is 0. The summed E-state index contributed by atoms with van der Waals surface area (Å²) in [6.07, 6.45) is 0.573. The molecule has 0 N–H and O–H groups in total. The van der Waals surface area contributed by atoms with E-state index in [0.717, 1.165) is 6.42 Å². The standard InChI is InChI=1S/C9H16O6/c1-3-7-13-15-9(11)6-5-8(10)14-12-4-2/h3-7H2,1-2H3. The largest absolute Gasteiger partial charge is 0.342 e. The minimum Gasteiger partial charge on any atom is -0.298 e. The van der Waals surface area contributed by atoms with Crippen molar-refractivity contribution in [3.05, 3.63) is 0 Å². The molecule has 15 heavy (non-hydrogen) atoms. The molecule has 0 aliphatic carbocycles. The molecular formula is C9H16O6. The van der Waals surface area contributed by atoms with Crippen LogP contribution in [0, 0.1) is 0 Å². The van der Waals surface area contributed by atoms with E-state index in [9.17, 15) is 9.59 Å². The van der Waals surface area contributed by atoms with Gasteiger partial charge in [0.1, 0.15) is 0 Å². The quantitative estimate of drug-likeness (QED) is 0.347. The van der Waals surface area contributed by atoms with Crippen LogP contribution in [0.4, 0.5) is 0 Å². The Morgan fingerprint density at radius 2 is 1.47 bits per heavy atom. The van der Waals surface area contributed by atoms with Crippen molar-refractivity contribution < 1.29 is 29.1 Å². The molecule has 0 saturated carbocycles. The second-order valence-electron chi connectivity index (χ2n) is 2.64. The van der Waals surface area contributed by atoms with Crippen molar-refractivity contribution in [2.45, 2.75) is 33.1 Å². The summed E-state index contributed by atoms with van der Waals surface area (Å²) < 4.78 is 0. The Bertz CT molecular complexity index is 191. The molecule has 0 saturated heterocycles. The molecule has 0 bridgehead atoms. The third-order valence-electron chi connectivity index (χ3n) is 1.24. The van der Waals surface area contributed by atoms with Gasteiger partial charge in [0.2, 0.25) is 0 Å². The van der Waals surface area contributed by atoms with E-state index < -0.39 is 11.9 Å². The maximum absolute atomic E-state index is 10.9. The zero-order valence-corrected chi connectivity index (χ0v) is 8.99. The van der Waals surface area contributed by atoms with Crippen LogP contribution in [0.1, 0.15) is 33.1 Å². The Morgan fingerprint density at radius 1 is 0.933 bits per heavy atom. The van der Waals surface area contributed by atoms with Crippen LogP contribution in [0.15, 0.2) is 0 Å². The first kappa shape index (κ1) is 13.9. The van der Waals surface area contributed by atoms with Crippen LogP contribution in [-0.2, 0) is 29.1 Å². The number of hydrogen-bond acceptors (Lipinski definition) is 6. The molecule has 0 radical (unpaired) electrons. The van der Waals surface area contributed by atoms with Gasteiger partial charge in [-0.3, -0.25) is 9.78 Å². The molecule has 0 aromatic rings. The monoisotopic (exact) mass is 220 g/mol. The SMILES string of the molecule is CCCOOC(=O)CCC(=O)OOCC. The van der Waals surface area contributed by atoms with E-state index in [1.807, 2.05) is 6.92 Å². The Morgan fingerprint density at radius 3 is 1.93 bits per heavy atom. The summed E-state index contributed by atoms with van der Waals surface area (Å²) in [5, 5.41) is 0. The summed E-state index contributed by atoms with van der Waals surface area (Å²) >= 11 is 0. The lowest BCUT2D eigenvalue weighted by Gasteiger charge is -2.02. The molecule has 0 atom stereocenters. The number of rotatable bonds is 8. The molecule has 6 nitrogen and oxygen atoms in total. The van der Waals surface area contributed by atoms with E-state index in [1.54, 1.807) is 6.92 Å². The molecule has 0 aliphatic heterocycles. The minimum atomic E-state index is -0.607. The van der Waals surface area contributed by atoms with Crippen molar-refractivity contribution in [2.75, 3.05) is 13.2 Å². The van der Waals surface area contributed by atoms with Gasteiger partial charge >= 0.3 is 11.9 Å². The van der Waals surface area contributed by atoms with Crippen LogP contribution < -0.4 is 0 Å². The Labute approximate surface area is 88.3 Å². The molecule has 6 heteroatoms. The lowest BCUT2D eigenvalue weighted by Crippen LogP contribution is -2.11. The summed E-state index contributed by atoms with van der Waals surface area (Å²) in [6.45, 7) is 4.18. The summed E-state index contributed by atoms with van der Waals surface area (Å²) in [5.74, 6) is -1.21. The van der Waals surface area contributed by atoms with E-state index in [0.29, 0.717) is 6.61 Å². The predicted octanol–water partition coefficient (Wildman–Crippen LogP) is 1.15. The van der Waals surface area contributed by atoms with Gasteiger partial charge in [-0.15, -0.1) is 0 Å². The molecule has 0 aromatic carbocycles. The van der Waals surface area contributed by atoms with Gasteiger partial charge < -0.3 is 0 Å². The second-order valence-corrected chi connectivity index (χ2v) is 2.64. The van der Waals surface area contributed by atoms with E-state index in [-0.39, 0.29) is 19.4 Å². The zero-order valence-electron chi connectivity index (χ0n) is 8.99. The summed E-state index contributed by atoms with van der Waals surface area (Å²) in [6, 6.07) is 0. The first-order valence-corrected chi connectivity index (χ1v) is 4.85. The average Bonchev–Trinajstić information content (AvgIpc) is 2.24.